The minimum Gasteiger partial charge on any atom is -0.357 e. The van der Waals surface area contributed by atoms with Crippen LogP contribution in [0.1, 0.15) is 50.2 Å². The average molecular weight is 342 g/mol. The van der Waals surface area contributed by atoms with Crippen molar-refractivity contribution in [2.75, 3.05) is 26.2 Å². The third-order valence-corrected chi connectivity index (χ3v) is 5.26. The van der Waals surface area contributed by atoms with Crippen LogP contribution in [0, 0.1) is 0 Å². The lowest BCUT2D eigenvalue weighted by molar-refractivity contribution is -0.129. The van der Waals surface area contributed by atoms with Gasteiger partial charge >= 0.3 is 0 Å². The van der Waals surface area contributed by atoms with E-state index in [1.165, 1.54) is 17.5 Å². The van der Waals surface area contributed by atoms with E-state index in [1.807, 2.05) is 11.8 Å². The lowest BCUT2D eigenvalue weighted by Gasteiger charge is -2.19. The zero-order valence-corrected chi connectivity index (χ0v) is 15.4. The summed E-state index contributed by atoms with van der Waals surface area (Å²) >= 11 is 0. The van der Waals surface area contributed by atoms with Crippen LogP contribution >= 0.6 is 0 Å². The number of nitrogens with zero attached hydrogens (tertiary/aromatic N) is 2. The molecular weight excluding hydrogens is 312 g/mol. The number of fused-ring (bicyclic) bond motifs is 1. The van der Waals surface area contributed by atoms with Crippen LogP contribution in [-0.4, -0.2) is 49.0 Å². The second-order valence-corrected chi connectivity index (χ2v) is 6.98. The van der Waals surface area contributed by atoms with Gasteiger partial charge in [-0.2, -0.15) is 0 Å². The molecule has 0 aromatic heterocycles. The van der Waals surface area contributed by atoms with Crippen LogP contribution in [0.2, 0.25) is 0 Å². The number of carbonyl (C=O) groups excluding carboxylic acids is 1. The summed E-state index contributed by atoms with van der Waals surface area (Å²) < 4.78 is 0. The molecule has 2 N–H and O–H groups in total. The first kappa shape index (κ1) is 17.8. The van der Waals surface area contributed by atoms with E-state index in [0.29, 0.717) is 18.4 Å². The van der Waals surface area contributed by atoms with Crippen molar-refractivity contribution in [2.45, 2.75) is 51.5 Å². The second kappa shape index (κ2) is 8.37. The lowest BCUT2D eigenvalue weighted by Crippen LogP contribution is -2.45. The molecule has 1 aromatic rings. The molecule has 1 aliphatic carbocycles. The van der Waals surface area contributed by atoms with Crippen LogP contribution < -0.4 is 10.6 Å². The first-order valence-electron chi connectivity index (χ1n) is 9.61. The van der Waals surface area contributed by atoms with Crippen molar-refractivity contribution in [1.29, 1.82) is 0 Å². The SMILES string of the molecule is CCNC(=NCC1CCc2ccccc21)NC1CCN(C(=O)CC)C1. The second-order valence-electron chi connectivity index (χ2n) is 6.98. The third-order valence-electron chi connectivity index (χ3n) is 5.26. The van der Waals surface area contributed by atoms with Crippen molar-refractivity contribution in [3.8, 4) is 0 Å². The van der Waals surface area contributed by atoms with Gasteiger partial charge in [0, 0.05) is 44.6 Å². The number of aliphatic imine (C=N–C) groups is 1. The number of likely N-dealkylation sites (tertiary alicyclic amines) is 1. The fourth-order valence-electron chi connectivity index (χ4n) is 3.88. The molecule has 1 aliphatic heterocycles. The molecule has 2 unspecified atom stereocenters. The molecule has 5 heteroatoms. The van der Waals surface area contributed by atoms with Crippen molar-refractivity contribution in [3.05, 3.63) is 35.4 Å². The minimum atomic E-state index is 0.244. The van der Waals surface area contributed by atoms with E-state index in [2.05, 4.69) is 41.8 Å². The number of hydrogen-bond acceptors (Lipinski definition) is 2. The van der Waals surface area contributed by atoms with Gasteiger partial charge in [-0.05, 0) is 37.3 Å². The van der Waals surface area contributed by atoms with Crippen LogP contribution in [0.3, 0.4) is 0 Å². The Bertz CT molecular complexity index is 628. The molecule has 1 saturated heterocycles. The van der Waals surface area contributed by atoms with Crippen LogP contribution in [0.4, 0.5) is 0 Å². The summed E-state index contributed by atoms with van der Waals surface area (Å²) in [5.74, 6) is 1.64. The van der Waals surface area contributed by atoms with Gasteiger partial charge in [0.1, 0.15) is 0 Å². The van der Waals surface area contributed by atoms with Crippen molar-refractivity contribution in [2.24, 2.45) is 4.99 Å². The molecule has 3 rings (SSSR count). The number of carbonyl (C=O) groups is 1. The van der Waals surface area contributed by atoms with Crippen molar-refractivity contribution in [1.82, 2.24) is 15.5 Å². The molecule has 1 fully saturated rings. The summed E-state index contributed by atoms with van der Waals surface area (Å²) in [7, 11) is 0. The Balaban J connectivity index is 1.58. The van der Waals surface area contributed by atoms with E-state index in [-0.39, 0.29) is 5.91 Å². The topological polar surface area (TPSA) is 56.7 Å². The van der Waals surface area contributed by atoms with Gasteiger partial charge in [0.05, 0.1) is 0 Å². The van der Waals surface area contributed by atoms with E-state index in [0.717, 1.165) is 45.0 Å². The Hall–Kier alpha value is -2.04. The summed E-state index contributed by atoms with van der Waals surface area (Å²) in [6.07, 6.45) is 3.92. The monoisotopic (exact) mass is 342 g/mol. The standard InChI is InChI=1S/C20H30N4O/c1-3-19(25)24-12-11-17(14-24)23-20(21-4-2)22-13-16-10-9-15-7-5-6-8-18(15)16/h5-8,16-17H,3-4,9-14H2,1-2H3,(H2,21,22,23). The van der Waals surface area contributed by atoms with Crippen LogP contribution in [0.15, 0.2) is 29.3 Å². The van der Waals surface area contributed by atoms with E-state index >= 15 is 0 Å². The zero-order valence-electron chi connectivity index (χ0n) is 15.4. The Morgan fingerprint density at radius 2 is 2.12 bits per heavy atom. The molecule has 136 valence electrons. The fraction of sp³-hybridized carbons (Fsp3) is 0.600. The molecule has 2 atom stereocenters. The van der Waals surface area contributed by atoms with Gasteiger partial charge in [-0.15, -0.1) is 0 Å². The van der Waals surface area contributed by atoms with Crippen molar-refractivity contribution in [3.63, 3.8) is 0 Å². The molecule has 0 saturated carbocycles. The summed E-state index contributed by atoms with van der Waals surface area (Å²) in [5, 5.41) is 6.87. The maximum atomic E-state index is 11.8. The van der Waals surface area contributed by atoms with Gasteiger partial charge in [0.15, 0.2) is 5.96 Å². The Morgan fingerprint density at radius 1 is 1.28 bits per heavy atom. The van der Waals surface area contributed by atoms with E-state index in [9.17, 15) is 4.79 Å². The van der Waals surface area contributed by atoms with Crippen LogP contribution in [-0.2, 0) is 11.2 Å². The fourth-order valence-corrected chi connectivity index (χ4v) is 3.88. The highest BCUT2D eigenvalue weighted by molar-refractivity contribution is 5.80. The number of nitrogens with one attached hydrogen (secondary N) is 2. The number of hydrogen-bond donors (Lipinski definition) is 2. The number of benzene rings is 1. The molecule has 0 bridgehead atoms. The molecule has 25 heavy (non-hydrogen) atoms. The molecule has 0 spiro atoms. The average Bonchev–Trinajstić information content (AvgIpc) is 3.26. The number of amides is 1. The molecule has 2 aliphatic rings. The Labute approximate surface area is 150 Å². The van der Waals surface area contributed by atoms with Crippen molar-refractivity contribution < 1.29 is 4.79 Å². The molecule has 0 radical (unpaired) electrons. The Kier molecular flexibility index (Phi) is 5.95. The zero-order chi connectivity index (χ0) is 17.6. The van der Waals surface area contributed by atoms with E-state index in [1.54, 1.807) is 0 Å². The third kappa shape index (κ3) is 4.33. The Morgan fingerprint density at radius 3 is 2.92 bits per heavy atom. The number of rotatable bonds is 5. The smallest absolute Gasteiger partial charge is 0.222 e. The van der Waals surface area contributed by atoms with Crippen LogP contribution in [0.25, 0.3) is 0 Å². The van der Waals surface area contributed by atoms with Crippen molar-refractivity contribution >= 4 is 11.9 Å². The molecule has 5 nitrogen and oxygen atoms in total. The highest BCUT2D eigenvalue weighted by atomic mass is 16.2. The predicted molar refractivity (Wildman–Crippen MR) is 102 cm³/mol. The summed E-state index contributed by atoms with van der Waals surface area (Å²) in [6.45, 7) is 7.30. The summed E-state index contributed by atoms with van der Waals surface area (Å²) in [5.41, 5.74) is 2.94. The summed E-state index contributed by atoms with van der Waals surface area (Å²) in [6, 6.07) is 9.03. The van der Waals surface area contributed by atoms with Gasteiger partial charge < -0.3 is 15.5 Å². The normalized spacial score (nSPS) is 22.8. The van der Waals surface area contributed by atoms with Gasteiger partial charge in [-0.1, -0.05) is 31.2 Å². The summed E-state index contributed by atoms with van der Waals surface area (Å²) in [4.78, 5) is 18.6. The number of aryl methyl sites for hydroxylation is 1. The van der Waals surface area contributed by atoms with E-state index < -0.39 is 0 Å². The van der Waals surface area contributed by atoms with Gasteiger partial charge in [0.25, 0.3) is 0 Å². The first-order chi connectivity index (χ1) is 12.2. The van der Waals surface area contributed by atoms with Gasteiger partial charge in [0.2, 0.25) is 5.91 Å². The maximum Gasteiger partial charge on any atom is 0.222 e. The highest BCUT2D eigenvalue weighted by Gasteiger charge is 2.26. The molecule has 1 aromatic carbocycles. The quantitative estimate of drug-likeness (QED) is 0.638. The minimum absolute atomic E-state index is 0.244. The largest absolute Gasteiger partial charge is 0.357 e. The molecule has 1 amide bonds. The maximum absolute atomic E-state index is 11.8. The first-order valence-corrected chi connectivity index (χ1v) is 9.61. The van der Waals surface area contributed by atoms with Gasteiger partial charge in [-0.3, -0.25) is 9.79 Å². The van der Waals surface area contributed by atoms with Gasteiger partial charge in [-0.25, -0.2) is 0 Å². The molecule has 1 heterocycles. The lowest BCUT2D eigenvalue weighted by atomic mass is 10.0. The molecular formula is C20H30N4O. The highest BCUT2D eigenvalue weighted by Crippen LogP contribution is 2.32. The number of guanidine groups is 1. The van der Waals surface area contributed by atoms with Crippen LogP contribution in [0.5, 0.6) is 0 Å². The van der Waals surface area contributed by atoms with E-state index in [4.69, 9.17) is 4.99 Å². The predicted octanol–water partition coefficient (Wildman–Crippen LogP) is 2.28.